The Hall–Kier alpha value is -2.66. The molecule has 0 unspecified atom stereocenters. The SMILES string of the molecule is COc1ccc2[nH]cc(C3CCN(C(=O)CCCOc4ccc(Cl)cc4)CC3)c2c1. The van der Waals surface area contributed by atoms with Crippen molar-refractivity contribution in [3.63, 3.8) is 0 Å². The van der Waals surface area contributed by atoms with Gasteiger partial charge in [0.15, 0.2) is 0 Å². The molecule has 0 bridgehead atoms. The summed E-state index contributed by atoms with van der Waals surface area (Å²) in [6, 6.07) is 13.4. The van der Waals surface area contributed by atoms with Crippen LogP contribution in [0.4, 0.5) is 0 Å². The van der Waals surface area contributed by atoms with Crippen LogP contribution in [0, 0.1) is 0 Å². The summed E-state index contributed by atoms with van der Waals surface area (Å²) in [4.78, 5) is 17.9. The van der Waals surface area contributed by atoms with Crippen molar-refractivity contribution >= 4 is 28.4 Å². The van der Waals surface area contributed by atoms with E-state index in [1.54, 1.807) is 19.2 Å². The van der Waals surface area contributed by atoms with Crippen molar-refractivity contribution in [2.45, 2.75) is 31.6 Å². The molecule has 3 aromatic rings. The third kappa shape index (κ3) is 4.73. The number of methoxy groups -OCH3 is 1. The Morgan fingerprint density at radius 3 is 2.60 bits per heavy atom. The number of ether oxygens (including phenoxy) is 2. The van der Waals surface area contributed by atoms with Crippen LogP contribution in [0.15, 0.2) is 48.7 Å². The topological polar surface area (TPSA) is 54.6 Å². The van der Waals surface area contributed by atoms with Crippen molar-refractivity contribution in [2.75, 3.05) is 26.8 Å². The van der Waals surface area contributed by atoms with E-state index < -0.39 is 0 Å². The maximum Gasteiger partial charge on any atom is 0.222 e. The number of hydrogen-bond acceptors (Lipinski definition) is 3. The highest BCUT2D eigenvalue weighted by atomic mass is 35.5. The number of fused-ring (bicyclic) bond motifs is 1. The minimum Gasteiger partial charge on any atom is -0.497 e. The molecule has 6 heteroatoms. The number of likely N-dealkylation sites (tertiary alicyclic amines) is 1. The van der Waals surface area contributed by atoms with Gasteiger partial charge in [-0.3, -0.25) is 4.79 Å². The zero-order valence-electron chi connectivity index (χ0n) is 17.2. The standard InChI is InChI=1S/C24H27ClN2O3/c1-29-20-8-9-23-21(15-20)22(16-26-23)17-10-12-27(13-11-17)24(28)3-2-14-30-19-6-4-18(25)5-7-19/h4-9,15-17,26H,2-3,10-14H2,1H3. The molecule has 0 radical (unpaired) electrons. The number of hydrogen-bond donors (Lipinski definition) is 1. The average molecular weight is 427 g/mol. The fourth-order valence-corrected chi connectivity index (χ4v) is 4.25. The molecule has 1 aromatic heterocycles. The maximum absolute atomic E-state index is 12.6. The molecular formula is C24H27ClN2O3. The van der Waals surface area contributed by atoms with Gasteiger partial charge in [-0.1, -0.05) is 11.6 Å². The average Bonchev–Trinajstić information content (AvgIpc) is 3.21. The molecule has 1 aliphatic rings. The third-order valence-electron chi connectivity index (χ3n) is 5.83. The van der Waals surface area contributed by atoms with Gasteiger partial charge in [-0.15, -0.1) is 0 Å². The molecule has 5 nitrogen and oxygen atoms in total. The fourth-order valence-electron chi connectivity index (χ4n) is 4.13. The monoisotopic (exact) mass is 426 g/mol. The Morgan fingerprint density at radius 2 is 1.87 bits per heavy atom. The molecule has 0 saturated carbocycles. The summed E-state index contributed by atoms with van der Waals surface area (Å²) in [6.45, 7) is 2.14. The van der Waals surface area contributed by atoms with Crippen molar-refractivity contribution in [1.82, 2.24) is 9.88 Å². The number of amides is 1. The first kappa shape index (κ1) is 20.6. The third-order valence-corrected chi connectivity index (χ3v) is 6.08. The second kappa shape index (κ2) is 9.43. The normalized spacial score (nSPS) is 14.8. The summed E-state index contributed by atoms with van der Waals surface area (Å²) in [5, 5.41) is 1.91. The lowest BCUT2D eigenvalue weighted by molar-refractivity contribution is -0.132. The largest absolute Gasteiger partial charge is 0.497 e. The molecule has 1 saturated heterocycles. The molecule has 1 N–H and O–H groups in total. The van der Waals surface area contributed by atoms with Gasteiger partial charge in [-0.2, -0.15) is 0 Å². The fraction of sp³-hybridized carbons (Fsp3) is 0.375. The highest BCUT2D eigenvalue weighted by Crippen LogP contribution is 2.34. The van der Waals surface area contributed by atoms with Crippen molar-refractivity contribution in [3.05, 3.63) is 59.2 Å². The second-order valence-corrected chi connectivity index (χ2v) is 8.15. The van der Waals surface area contributed by atoms with Gasteiger partial charge in [0, 0.05) is 41.6 Å². The Balaban J connectivity index is 1.25. The van der Waals surface area contributed by atoms with E-state index in [0.717, 1.165) is 42.9 Å². The summed E-state index contributed by atoms with van der Waals surface area (Å²) in [5.74, 6) is 2.33. The molecule has 4 rings (SSSR count). The Kier molecular flexibility index (Phi) is 6.48. The van der Waals surface area contributed by atoms with Crippen LogP contribution in [0.1, 0.15) is 37.2 Å². The molecule has 2 aromatic carbocycles. The molecule has 2 heterocycles. The summed E-state index contributed by atoms with van der Waals surface area (Å²) >= 11 is 5.87. The number of carbonyl (C=O) groups excluding carboxylic acids is 1. The van der Waals surface area contributed by atoms with Crippen LogP contribution in [0.3, 0.4) is 0 Å². The minimum atomic E-state index is 0.216. The minimum absolute atomic E-state index is 0.216. The van der Waals surface area contributed by atoms with Gasteiger partial charge in [0.1, 0.15) is 11.5 Å². The Bertz CT molecular complexity index is 991. The number of nitrogens with one attached hydrogen (secondary N) is 1. The van der Waals surface area contributed by atoms with Crippen molar-refractivity contribution in [2.24, 2.45) is 0 Å². The van der Waals surface area contributed by atoms with Crippen molar-refractivity contribution in [1.29, 1.82) is 0 Å². The molecule has 30 heavy (non-hydrogen) atoms. The molecule has 158 valence electrons. The first-order valence-electron chi connectivity index (χ1n) is 10.4. The zero-order valence-corrected chi connectivity index (χ0v) is 18.0. The van der Waals surface area contributed by atoms with Gasteiger partial charge < -0.3 is 19.4 Å². The van der Waals surface area contributed by atoms with E-state index in [2.05, 4.69) is 23.3 Å². The molecule has 0 atom stereocenters. The van der Waals surface area contributed by atoms with Crippen LogP contribution in [-0.4, -0.2) is 42.6 Å². The number of aromatic nitrogens is 1. The highest BCUT2D eigenvalue weighted by Gasteiger charge is 2.25. The van der Waals surface area contributed by atoms with Gasteiger partial charge >= 0.3 is 0 Å². The van der Waals surface area contributed by atoms with Gasteiger partial charge in [-0.25, -0.2) is 0 Å². The molecule has 1 aliphatic heterocycles. The van der Waals surface area contributed by atoms with E-state index in [9.17, 15) is 4.79 Å². The van der Waals surface area contributed by atoms with Gasteiger partial charge in [0.25, 0.3) is 0 Å². The quantitative estimate of drug-likeness (QED) is 0.515. The van der Waals surface area contributed by atoms with Gasteiger partial charge in [-0.05, 0) is 73.2 Å². The first-order chi connectivity index (χ1) is 14.6. The lowest BCUT2D eigenvalue weighted by Gasteiger charge is -2.32. The van der Waals surface area contributed by atoms with Gasteiger partial charge in [0.05, 0.1) is 13.7 Å². The molecule has 0 aliphatic carbocycles. The molecule has 0 spiro atoms. The molecule has 1 fully saturated rings. The number of piperidine rings is 1. The first-order valence-corrected chi connectivity index (χ1v) is 10.8. The smallest absolute Gasteiger partial charge is 0.222 e. The van der Waals surface area contributed by atoms with E-state index >= 15 is 0 Å². The van der Waals surface area contributed by atoms with Crippen molar-refractivity contribution < 1.29 is 14.3 Å². The van der Waals surface area contributed by atoms with E-state index in [0.29, 0.717) is 30.4 Å². The van der Waals surface area contributed by atoms with E-state index in [1.807, 2.05) is 23.1 Å². The number of H-pyrrole nitrogens is 1. The number of benzene rings is 2. The predicted octanol–water partition coefficient (Wildman–Crippen LogP) is 5.40. The summed E-state index contributed by atoms with van der Waals surface area (Å²) in [6.07, 6.45) is 5.31. The van der Waals surface area contributed by atoms with E-state index in [1.165, 1.54) is 10.9 Å². The number of rotatable bonds is 7. The van der Waals surface area contributed by atoms with Crippen LogP contribution in [0.25, 0.3) is 10.9 Å². The van der Waals surface area contributed by atoms with E-state index in [4.69, 9.17) is 21.1 Å². The van der Waals surface area contributed by atoms with Crippen LogP contribution in [0.5, 0.6) is 11.5 Å². The zero-order chi connectivity index (χ0) is 20.9. The summed E-state index contributed by atoms with van der Waals surface area (Å²) < 4.78 is 11.1. The molecule has 1 amide bonds. The lowest BCUT2D eigenvalue weighted by atomic mass is 9.89. The predicted molar refractivity (Wildman–Crippen MR) is 120 cm³/mol. The van der Waals surface area contributed by atoms with Crippen LogP contribution < -0.4 is 9.47 Å². The van der Waals surface area contributed by atoms with Crippen molar-refractivity contribution in [3.8, 4) is 11.5 Å². The maximum atomic E-state index is 12.6. The van der Waals surface area contributed by atoms with E-state index in [-0.39, 0.29) is 5.91 Å². The van der Waals surface area contributed by atoms with Crippen LogP contribution in [0.2, 0.25) is 5.02 Å². The lowest BCUT2D eigenvalue weighted by Crippen LogP contribution is -2.37. The Labute approximate surface area is 181 Å². The Morgan fingerprint density at radius 1 is 1.13 bits per heavy atom. The number of aromatic amines is 1. The number of nitrogens with zero attached hydrogens (tertiary/aromatic N) is 1. The molecular weight excluding hydrogens is 400 g/mol. The van der Waals surface area contributed by atoms with Gasteiger partial charge in [0.2, 0.25) is 5.91 Å². The summed E-state index contributed by atoms with van der Waals surface area (Å²) in [7, 11) is 1.69. The highest BCUT2D eigenvalue weighted by molar-refractivity contribution is 6.30. The number of halogens is 1. The van der Waals surface area contributed by atoms with Crippen LogP contribution in [-0.2, 0) is 4.79 Å². The van der Waals surface area contributed by atoms with Crippen LogP contribution >= 0.6 is 11.6 Å². The summed E-state index contributed by atoms with van der Waals surface area (Å²) in [5.41, 5.74) is 2.46. The number of carbonyl (C=O) groups is 1. The second-order valence-electron chi connectivity index (χ2n) is 7.72.